The molecule has 60 valence electrons. The van der Waals surface area contributed by atoms with Crippen LogP contribution in [0.3, 0.4) is 0 Å². The summed E-state index contributed by atoms with van der Waals surface area (Å²) in [5.41, 5.74) is 0. The summed E-state index contributed by atoms with van der Waals surface area (Å²) < 4.78 is 5.17. The SMILES string of the molecule is C[C@H](CO)N1CCOCC1. The number of aliphatic hydroxyl groups excluding tert-OH is 1. The van der Waals surface area contributed by atoms with Gasteiger partial charge >= 0.3 is 0 Å². The molecule has 0 saturated carbocycles. The summed E-state index contributed by atoms with van der Waals surface area (Å²) >= 11 is 0. The van der Waals surface area contributed by atoms with E-state index in [0.29, 0.717) is 6.04 Å². The Morgan fingerprint density at radius 1 is 1.50 bits per heavy atom. The lowest BCUT2D eigenvalue weighted by molar-refractivity contribution is 0.00797. The number of aliphatic hydroxyl groups is 1. The van der Waals surface area contributed by atoms with Gasteiger partial charge in [0.1, 0.15) is 0 Å². The smallest absolute Gasteiger partial charge is 0.0594 e. The van der Waals surface area contributed by atoms with E-state index in [1.54, 1.807) is 0 Å². The van der Waals surface area contributed by atoms with Gasteiger partial charge in [-0.25, -0.2) is 0 Å². The van der Waals surface area contributed by atoms with Gasteiger partial charge < -0.3 is 9.84 Å². The number of hydrogen-bond donors (Lipinski definition) is 1. The Hall–Kier alpha value is -0.120. The van der Waals surface area contributed by atoms with Crippen molar-refractivity contribution in [1.29, 1.82) is 0 Å². The molecule has 1 atom stereocenters. The quantitative estimate of drug-likeness (QED) is 0.579. The largest absolute Gasteiger partial charge is 0.395 e. The molecule has 1 rings (SSSR count). The van der Waals surface area contributed by atoms with E-state index in [1.165, 1.54) is 0 Å². The molecule has 0 amide bonds. The van der Waals surface area contributed by atoms with Crippen molar-refractivity contribution in [2.75, 3.05) is 32.9 Å². The van der Waals surface area contributed by atoms with Crippen molar-refractivity contribution in [2.45, 2.75) is 13.0 Å². The molecule has 3 heteroatoms. The maximum absolute atomic E-state index is 8.80. The molecule has 0 radical (unpaired) electrons. The highest BCUT2D eigenvalue weighted by molar-refractivity contribution is 4.68. The molecule has 1 N–H and O–H groups in total. The van der Waals surface area contributed by atoms with Gasteiger partial charge in [0, 0.05) is 19.1 Å². The molecule has 0 bridgehead atoms. The minimum Gasteiger partial charge on any atom is -0.395 e. The van der Waals surface area contributed by atoms with Crippen LogP contribution in [0.15, 0.2) is 0 Å². The predicted molar refractivity (Wildman–Crippen MR) is 38.9 cm³/mol. The highest BCUT2D eigenvalue weighted by Crippen LogP contribution is 2.01. The maximum Gasteiger partial charge on any atom is 0.0594 e. The summed E-state index contributed by atoms with van der Waals surface area (Å²) in [7, 11) is 0. The van der Waals surface area contributed by atoms with Crippen LogP contribution >= 0.6 is 0 Å². The van der Waals surface area contributed by atoms with Crippen LogP contribution in [0.2, 0.25) is 0 Å². The van der Waals surface area contributed by atoms with Crippen molar-refractivity contribution in [3.05, 3.63) is 0 Å². The summed E-state index contributed by atoms with van der Waals surface area (Å²) in [5.74, 6) is 0. The van der Waals surface area contributed by atoms with E-state index in [-0.39, 0.29) is 6.61 Å². The van der Waals surface area contributed by atoms with E-state index in [1.807, 2.05) is 6.92 Å². The Morgan fingerprint density at radius 2 is 2.10 bits per heavy atom. The van der Waals surface area contributed by atoms with Crippen LogP contribution in [-0.4, -0.2) is 49.0 Å². The van der Waals surface area contributed by atoms with E-state index in [9.17, 15) is 0 Å². The fourth-order valence-corrected chi connectivity index (χ4v) is 1.13. The molecule has 0 aliphatic carbocycles. The molecule has 0 unspecified atom stereocenters. The zero-order valence-electron chi connectivity index (χ0n) is 6.42. The van der Waals surface area contributed by atoms with Crippen LogP contribution in [0.5, 0.6) is 0 Å². The molecule has 10 heavy (non-hydrogen) atoms. The van der Waals surface area contributed by atoms with E-state index in [0.717, 1.165) is 26.3 Å². The number of ether oxygens (including phenoxy) is 1. The lowest BCUT2D eigenvalue weighted by atomic mass is 10.3. The van der Waals surface area contributed by atoms with Gasteiger partial charge in [0.05, 0.1) is 19.8 Å². The highest BCUT2D eigenvalue weighted by atomic mass is 16.5. The number of morpholine rings is 1. The van der Waals surface area contributed by atoms with Gasteiger partial charge in [0.25, 0.3) is 0 Å². The second-order valence-corrected chi connectivity index (χ2v) is 2.68. The topological polar surface area (TPSA) is 32.7 Å². The summed E-state index contributed by atoms with van der Waals surface area (Å²) in [4.78, 5) is 2.24. The molecule has 1 aliphatic heterocycles. The van der Waals surface area contributed by atoms with E-state index in [4.69, 9.17) is 9.84 Å². The third-order valence-corrected chi connectivity index (χ3v) is 1.93. The molecule has 0 spiro atoms. The number of hydrogen-bond acceptors (Lipinski definition) is 3. The van der Waals surface area contributed by atoms with Gasteiger partial charge in [-0.2, -0.15) is 0 Å². The average molecular weight is 145 g/mol. The molecule has 1 heterocycles. The Morgan fingerprint density at radius 3 is 2.60 bits per heavy atom. The van der Waals surface area contributed by atoms with Crippen LogP contribution in [0.1, 0.15) is 6.92 Å². The van der Waals surface area contributed by atoms with Crippen LogP contribution in [0.25, 0.3) is 0 Å². The lowest BCUT2D eigenvalue weighted by Gasteiger charge is -2.30. The van der Waals surface area contributed by atoms with Gasteiger partial charge in [0.2, 0.25) is 0 Å². The first-order valence-electron chi connectivity index (χ1n) is 3.77. The van der Waals surface area contributed by atoms with Crippen molar-refractivity contribution in [3.63, 3.8) is 0 Å². The zero-order chi connectivity index (χ0) is 7.40. The standard InChI is InChI=1S/C7H15NO2/c1-7(6-9)8-2-4-10-5-3-8/h7,9H,2-6H2,1H3/t7-/m1/s1. The van der Waals surface area contributed by atoms with Gasteiger partial charge in [0.15, 0.2) is 0 Å². The Kier molecular flexibility index (Phi) is 3.12. The molecule has 0 aromatic heterocycles. The van der Waals surface area contributed by atoms with Crippen LogP contribution in [0, 0.1) is 0 Å². The first-order valence-corrected chi connectivity index (χ1v) is 3.77. The van der Waals surface area contributed by atoms with Gasteiger partial charge in [-0.1, -0.05) is 0 Å². The van der Waals surface area contributed by atoms with Crippen molar-refractivity contribution in [2.24, 2.45) is 0 Å². The van der Waals surface area contributed by atoms with Crippen molar-refractivity contribution < 1.29 is 9.84 Å². The summed E-state index contributed by atoms with van der Waals surface area (Å²) in [6, 6.07) is 0.295. The number of rotatable bonds is 2. The average Bonchev–Trinajstić information content (AvgIpc) is 2.05. The predicted octanol–water partition coefficient (Wildman–Crippen LogP) is -0.301. The van der Waals surface area contributed by atoms with E-state index in [2.05, 4.69) is 4.90 Å². The summed E-state index contributed by atoms with van der Waals surface area (Å²) in [5, 5.41) is 8.80. The minimum absolute atomic E-state index is 0.250. The van der Waals surface area contributed by atoms with Crippen molar-refractivity contribution in [1.82, 2.24) is 4.90 Å². The van der Waals surface area contributed by atoms with Crippen molar-refractivity contribution >= 4 is 0 Å². The fraction of sp³-hybridized carbons (Fsp3) is 1.00. The monoisotopic (exact) mass is 145 g/mol. The lowest BCUT2D eigenvalue weighted by Crippen LogP contribution is -2.43. The van der Waals surface area contributed by atoms with Gasteiger partial charge in [-0.15, -0.1) is 0 Å². The molecular weight excluding hydrogens is 130 g/mol. The molecular formula is C7H15NO2. The summed E-state index contributed by atoms with van der Waals surface area (Å²) in [6.07, 6.45) is 0. The highest BCUT2D eigenvalue weighted by Gasteiger charge is 2.15. The first kappa shape index (κ1) is 7.98. The third kappa shape index (κ3) is 1.94. The zero-order valence-corrected chi connectivity index (χ0v) is 6.42. The van der Waals surface area contributed by atoms with Gasteiger partial charge in [-0.3, -0.25) is 4.90 Å². The van der Waals surface area contributed by atoms with Crippen molar-refractivity contribution in [3.8, 4) is 0 Å². The molecule has 3 nitrogen and oxygen atoms in total. The van der Waals surface area contributed by atoms with Crippen LogP contribution in [-0.2, 0) is 4.74 Å². The first-order chi connectivity index (χ1) is 4.84. The van der Waals surface area contributed by atoms with E-state index >= 15 is 0 Å². The molecule has 0 aromatic carbocycles. The molecule has 1 fully saturated rings. The Labute approximate surface area is 61.6 Å². The Balaban J connectivity index is 2.24. The normalized spacial score (nSPS) is 24.6. The van der Waals surface area contributed by atoms with E-state index < -0.39 is 0 Å². The summed E-state index contributed by atoms with van der Waals surface area (Å²) in [6.45, 7) is 5.82. The second kappa shape index (κ2) is 3.91. The minimum atomic E-state index is 0.250. The third-order valence-electron chi connectivity index (χ3n) is 1.93. The number of nitrogens with zero attached hydrogens (tertiary/aromatic N) is 1. The maximum atomic E-state index is 8.80. The Bertz CT molecular complexity index is 91.6. The molecule has 1 aliphatic rings. The second-order valence-electron chi connectivity index (χ2n) is 2.68. The van der Waals surface area contributed by atoms with Crippen LogP contribution in [0.4, 0.5) is 0 Å². The van der Waals surface area contributed by atoms with Crippen LogP contribution < -0.4 is 0 Å². The fourth-order valence-electron chi connectivity index (χ4n) is 1.13. The van der Waals surface area contributed by atoms with Gasteiger partial charge in [-0.05, 0) is 6.92 Å². The molecule has 1 saturated heterocycles. The molecule has 0 aromatic rings.